The maximum absolute atomic E-state index is 13.4. The Balaban J connectivity index is 2.70. The third kappa shape index (κ3) is 1.74. The highest BCUT2D eigenvalue weighted by Crippen LogP contribution is 2.31. The van der Waals surface area contributed by atoms with Gasteiger partial charge >= 0.3 is 0 Å². The van der Waals surface area contributed by atoms with Crippen molar-refractivity contribution in [3.63, 3.8) is 0 Å². The molecular formula is C10H8F3IN2. The molecule has 0 amide bonds. The molecule has 0 aliphatic rings. The van der Waals surface area contributed by atoms with Crippen molar-refractivity contribution in [3.8, 4) is 0 Å². The zero-order valence-corrected chi connectivity index (χ0v) is 10.2. The van der Waals surface area contributed by atoms with Crippen LogP contribution < -0.4 is 5.73 Å². The fourth-order valence-electron chi connectivity index (χ4n) is 1.60. The average Bonchev–Trinajstić information content (AvgIpc) is 2.55. The molecule has 1 heterocycles. The number of fused-ring (bicyclic) bond motifs is 1. The van der Waals surface area contributed by atoms with Crippen molar-refractivity contribution in [2.45, 2.75) is 12.7 Å². The SMILES string of the molecule is Nc1cccc2c1cc(I)n2C(F)C(F)F. The number of benzene rings is 1. The van der Waals surface area contributed by atoms with E-state index in [0.717, 1.165) is 4.57 Å². The van der Waals surface area contributed by atoms with Crippen molar-refractivity contribution in [2.75, 3.05) is 5.73 Å². The van der Waals surface area contributed by atoms with E-state index in [1.807, 2.05) is 22.6 Å². The molecule has 0 saturated heterocycles. The van der Waals surface area contributed by atoms with E-state index in [-0.39, 0.29) is 0 Å². The normalized spacial score (nSPS) is 13.6. The number of anilines is 1. The van der Waals surface area contributed by atoms with E-state index in [9.17, 15) is 13.2 Å². The summed E-state index contributed by atoms with van der Waals surface area (Å²) < 4.78 is 39.5. The van der Waals surface area contributed by atoms with E-state index in [1.165, 1.54) is 0 Å². The molecular weight excluding hydrogens is 332 g/mol. The fraction of sp³-hybridized carbons (Fsp3) is 0.200. The van der Waals surface area contributed by atoms with Gasteiger partial charge in [0.1, 0.15) is 0 Å². The van der Waals surface area contributed by atoms with Gasteiger partial charge in [-0.15, -0.1) is 0 Å². The van der Waals surface area contributed by atoms with Crippen molar-refractivity contribution in [2.24, 2.45) is 0 Å². The van der Waals surface area contributed by atoms with Crippen molar-refractivity contribution in [1.82, 2.24) is 4.57 Å². The molecule has 1 unspecified atom stereocenters. The molecule has 0 radical (unpaired) electrons. The number of hydrogen-bond donors (Lipinski definition) is 1. The second kappa shape index (κ2) is 4.15. The van der Waals surface area contributed by atoms with E-state index in [4.69, 9.17) is 5.73 Å². The maximum Gasteiger partial charge on any atom is 0.288 e. The van der Waals surface area contributed by atoms with Crippen LogP contribution in [0.4, 0.5) is 18.9 Å². The van der Waals surface area contributed by atoms with Crippen LogP contribution in [-0.2, 0) is 0 Å². The number of nitrogen functional groups attached to an aromatic ring is 1. The van der Waals surface area contributed by atoms with Gasteiger partial charge in [-0.3, -0.25) is 0 Å². The first-order valence-electron chi connectivity index (χ1n) is 4.49. The summed E-state index contributed by atoms with van der Waals surface area (Å²) in [5.74, 6) is 0. The number of hydrogen-bond acceptors (Lipinski definition) is 1. The van der Waals surface area contributed by atoms with Gasteiger partial charge < -0.3 is 10.3 Å². The van der Waals surface area contributed by atoms with Gasteiger partial charge in [0, 0.05) is 11.1 Å². The largest absolute Gasteiger partial charge is 0.398 e. The van der Waals surface area contributed by atoms with Crippen molar-refractivity contribution < 1.29 is 13.2 Å². The lowest BCUT2D eigenvalue weighted by molar-refractivity contribution is 0.00930. The van der Waals surface area contributed by atoms with Gasteiger partial charge in [0.15, 0.2) is 0 Å². The van der Waals surface area contributed by atoms with E-state index >= 15 is 0 Å². The van der Waals surface area contributed by atoms with Gasteiger partial charge in [0.2, 0.25) is 6.30 Å². The van der Waals surface area contributed by atoms with E-state index in [0.29, 0.717) is 20.3 Å². The van der Waals surface area contributed by atoms with E-state index in [2.05, 4.69) is 0 Å². The summed E-state index contributed by atoms with van der Waals surface area (Å²) >= 11 is 1.81. The number of alkyl halides is 3. The van der Waals surface area contributed by atoms with Crippen molar-refractivity contribution in [3.05, 3.63) is 28.0 Å². The number of halogens is 4. The molecule has 2 N–H and O–H groups in total. The van der Waals surface area contributed by atoms with Gasteiger partial charge in [-0.1, -0.05) is 6.07 Å². The van der Waals surface area contributed by atoms with Crippen molar-refractivity contribution in [1.29, 1.82) is 0 Å². The molecule has 0 aliphatic carbocycles. The first-order valence-corrected chi connectivity index (χ1v) is 5.57. The average molecular weight is 340 g/mol. The van der Waals surface area contributed by atoms with Crippen LogP contribution in [0.3, 0.4) is 0 Å². The minimum atomic E-state index is -3.05. The third-order valence-corrected chi connectivity index (χ3v) is 3.16. The predicted molar refractivity (Wildman–Crippen MR) is 65.2 cm³/mol. The molecule has 6 heteroatoms. The van der Waals surface area contributed by atoms with Crippen LogP contribution in [0.5, 0.6) is 0 Å². The third-order valence-electron chi connectivity index (χ3n) is 2.32. The monoisotopic (exact) mass is 340 g/mol. The molecule has 16 heavy (non-hydrogen) atoms. The summed E-state index contributed by atoms with van der Waals surface area (Å²) in [6, 6.07) is 6.43. The molecule has 1 aromatic carbocycles. The molecule has 86 valence electrons. The molecule has 1 atom stereocenters. The van der Waals surface area contributed by atoms with Crippen LogP contribution in [0.15, 0.2) is 24.3 Å². The Hall–Kier alpha value is -0.920. The standard InChI is InChI=1S/C10H8F3IN2/c11-9(12)10(13)16-7-3-1-2-6(15)5(7)4-8(16)14/h1-4,9-10H,15H2. The van der Waals surface area contributed by atoms with Crippen LogP contribution in [0.2, 0.25) is 0 Å². The minimum Gasteiger partial charge on any atom is -0.398 e. The highest BCUT2D eigenvalue weighted by molar-refractivity contribution is 14.1. The smallest absolute Gasteiger partial charge is 0.288 e. The van der Waals surface area contributed by atoms with Gasteiger partial charge in [-0.25, -0.2) is 13.2 Å². The lowest BCUT2D eigenvalue weighted by atomic mass is 10.2. The number of nitrogens with zero attached hydrogens (tertiary/aromatic N) is 1. The summed E-state index contributed by atoms with van der Waals surface area (Å²) in [7, 11) is 0. The first kappa shape index (κ1) is 11.6. The van der Waals surface area contributed by atoms with Crippen LogP contribution >= 0.6 is 22.6 Å². The summed E-state index contributed by atoms with van der Waals surface area (Å²) in [6.07, 6.45) is -5.39. The summed E-state index contributed by atoms with van der Waals surface area (Å²) in [5.41, 5.74) is 6.53. The molecule has 0 saturated carbocycles. The highest BCUT2D eigenvalue weighted by Gasteiger charge is 2.25. The van der Waals surface area contributed by atoms with Gasteiger partial charge in [-0.2, -0.15) is 0 Å². The molecule has 0 fully saturated rings. The Morgan fingerprint density at radius 1 is 1.25 bits per heavy atom. The van der Waals surface area contributed by atoms with E-state index in [1.54, 1.807) is 24.3 Å². The quantitative estimate of drug-likeness (QED) is 0.658. The lowest BCUT2D eigenvalue weighted by Gasteiger charge is -2.12. The number of rotatable bonds is 2. The summed E-state index contributed by atoms with van der Waals surface area (Å²) in [5, 5.41) is 0.593. The second-order valence-corrected chi connectivity index (χ2v) is 4.43. The van der Waals surface area contributed by atoms with Gasteiger partial charge in [0.25, 0.3) is 6.43 Å². The molecule has 0 spiro atoms. The van der Waals surface area contributed by atoms with Crippen LogP contribution in [0.1, 0.15) is 6.30 Å². The van der Waals surface area contributed by atoms with Gasteiger partial charge in [0.05, 0.1) is 9.22 Å². The van der Waals surface area contributed by atoms with Crippen LogP contribution in [-0.4, -0.2) is 11.0 Å². The Morgan fingerprint density at radius 3 is 2.56 bits per heavy atom. The Labute approximate surface area is 103 Å². The van der Waals surface area contributed by atoms with E-state index < -0.39 is 12.7 Å². The van der Waals surface area contributed by atoms with Gasteiger partial charge in [-0.05, 0) is 40.8 Å². The van der Waals surface area contributed by atoms with Crippen LogP contribution in [0, 0.1) is 3.70 Å². The Kier molecular flexibility index (Phi) is 3.00. The second-order valence-electron chi connectivity index (χ2n) is 3.32. The fourth-order valence-corrected chi connectivity index (χ4v) is 2.44. The van der Waals surface area contributed by atoms with Crippen LogP contribution in [0.25, 0.3) is 10.9 Å². The number of nitrogens with two attached hydrogens (primary N) is 1. The predicted octanol–water partition coefficient (Wildman–Crippen LogP) is 3.56. The molecule has 2 rings (SSSR count). The summed E-state index contributed by atoms with van der Waals surface area (Å²) in [4.78, 5) is 0. The zero-order chi connectivity index (χ0) is 11.9. The topological polar surface area (TPSA) is 30.9 Å². The zero-order valence-electron chi connectivity index (χ0n) is 8.00. The highest BCUT2D eigenvalue weighted by atomic mass is 127. The molecule has 0 aliphatic heterocycles. The Morgan fingerprint density at radius 2 is 1.94 bits per heavy atom. The summed E-state index contributed by atoms with van der Waals surface area (Å²) in [6.45, 7) is 0. The molecule has 2 aromatic rings. The molecule has 0 bridgehead atoms. The number of aromatic nitrogens is 1. The molecule has 2 nitrogen and oxygen atoms in total. The Bertz CT molecular complexity index is 524. The first-order chi connectivity index (χ1) is 7.52. The minimum absolute atomic E-state index is 0.386. The maximum atomic E-state index is 13.4. The molecule has 1 aromatic heterocycles. The van der Waals surface area contributed by atoms with Crippen molar-refractivity contribution >= 4 is 39.2 Å². The lowest BCUT2D eigenvalue weighted by Crippen LogP contribution is -2.13.